The molecule has 1 heterocycles. The van der Waals surface area contributed by atoms with E-state index in [4.69, 9.17) is 0 Å². The Morgan fingerprint density at radius 2 is 2.00 bits per heavy atom. The van der Waals surface area contributed by atoms with E-state index in [9.17, 15) is 9.59 Å². The van der Waals surface area contributed by atoms with E-state index in [0.29, 0.717) is 17.9 Å². The fraction of sp³-hybridized carbons (Fsp3) is 0.176. The molecule has 0 radical (unpaired) electrons. The quantitative estimate of drug-likeness (QED) is 0.916. The maximum atomic E-state index is 12.1. The lowest BCUT2D eigenvalue weighted by atomic mass is 10.1. The third-order valence-electron chi connectivity index (χ3n) is 3.44. The summed E-state index contributed by atoms with van der Waals surface area (Å²) < 4.78 is 0. The Morgan fingerprint density at radius 3 is 2.77 bits per heavy atom. The van der Waals surface area contributed by atoms with Crippen LogP contribution in [0.1, 0.15) is 21.5 Å². The number of hydrogen-bond donors (Lipinski definition) is 2. The van der Waals surface area contributed by atoms with Crippen LogP contribution in [0.4, 0.5) is 5.69 Å². The highest BCUT2D eigenvalue weighted by Crippen LogP contribution is 2.31. The van der Waals surface area contributed by atoms with Gasteiger partial charge in [-0.3, -0.25) is 9.59 Å². The molecule has 0 fully saturated rings. The van der Waals surface area contributed by atoms with Crippen LogP contribution in [0, 0.1) is 6.92 Å². The summed E-state index contributed by atoms with van der Waals surface area (Å²) in [6.45, 7) is 2.42. The number of carbonyl (C=O) groups excluding carboxylic acids is 2. The molecule has 2 N–H and O–H groups in total. The second-order valence-corrected chi connectivity index (χ2v) is 6.23. The molecule has 1 aliphatic rings. The predicted octanol–water partition coefficient (Wildman–Crippen LogP) is 2.97. The van der Waals surface area contributed by atoms with Crippen molar-refractivity contribution < 1.29 is 9.59 Å². The minimum atomic E-state index is -0.101. The average Bonchev–Trinajstić information content (AvgIpc) is 2.53. The van der Waals surface area contributed by atoms with E-state index in [-0.39, 0.29) is 11.8 Å². The van der Waals surface area contributed by atoms with E-state index in [1.165, 1.54) is 11.8 Å². The van der Waals surface area contributed by atoms with E-state index in [1.807, 2.05) is 49.4 Å². The Morgan fingerprint density at radius 1 is 1.23 bits per heavy atom. The van der Waals surface area contributed by atoms with Crippen molar-refractivity contribution in [3.63, 3.8) is 0 Å². The number of hydrogen-bond acceptors (Lipinski definition) is 3. The summed E-state index contributed by atoms with van der Waals surface area (Å²) in [5.74, 6) is 0.366. The molecule has 4 nitrogen and oxygen atoms in total. The van der Waals surface area contributed by atoms with Crippen molar-refractivity contribution in [1.82, 2.24) is 5.32 Å². The first-order chi connectivity index (χ1) is 10.6. The molecule has 0 saturated heterocycles. The van der Waals surface area contributed by atoms with Crippen LogP contribution < -0.4 is 10.6 Å². The van der Waals surface area contributed by atoms with Crippen molar-refractivity contribution in [2.24, 2.45) is 0 Å². The van der Waals surface area contributed by atoms with Gasteiger partial charge in [-0.1, -0.05) is 23.8 Å². The van der Waals surface area contributed by atoms with Gasteiger partial charge in [0.1, 0.15) is 0 Å². The lowest BCUT2D eigenvalue weighted by Gasteiger charge is -2.17. The number of anilines is 1. The van der Waals surface area contributed by atoms with Crippen molar-refractivity contribution in [2.75, 3.05) is 11.1 Å². The summed E-state index contributed by atoms with van der Waals surface area (Å²) in [6, 6.07) is 13.3. The maximum Gasteiger partial charge on any atom is 0.251 e. The fourth-order valence-electron chi connectivity index (χ4n) is 2.23. The number of aryl methyl sites for hydroxylation is 1. The maximum absolute atomic E-state index is 12.1. The van der Waals surface area contributed by atoms with E-state index >= 15 is 0 Å². The van der Waals surface area contributed by atoms with E-state index in [1.54, 1.807) is 0 Å². The molecule has 0 unspecified atom stereocenters. The van der Waals surface area contributed by atoms with E-state index in [0.717, 1.165) is 21.7 Å². The summed E-state index contributed by atoms with van der Waals surface area (Å²) in [4.78, 5) is 24.6. The third kappa shape index (κ3) is 3.31. The molecule has 0 aromatic heterocycles. The molecule has 2 amide bonds. The molecule has 2 aromatic rings. The monoisotopic (exact) mass is 312 g/mol. The zero-order valence-corrected chi connectivity index (χ0v) is 13.0. The van der Waals surface area contributed by atoms with Crippen LogP contribution in [0.25, 0.3) is 0 Å². The van der Waals surface area contributed by atoms with Crippen molar-refractivity contribution in [3.8, 4) is 0 Å². The van der Waals surface area contributed by atoms with Gasteiger partial charge in [-0.2, -0.15) is 0 Å². The molecule has 3 rings (SSSR count). The highest BCUT2D eigenvalue weighted by molar-refractivity contribution is 8.00. The molecule has 0 bridgehead atoms. The summed E-state index contributed by atoms with van der Waals surface area (Å²) in [5.41, 5.74) is 3.55. The second-order valence-electron chi connectivity index (χ2n) is 5.22. The first kappa shape index (κ1) is 14.7. The third-order valence-corrected chi connectivity index (χ3v) is 4.52. The predicted molar refractivity (Wildman–Crippen MR) is 88.1 cm³/mol. The van der Waals surface area contributed by atoms with Gasteiger partial charge in [0.2, 0.25) is 5.91 Å². The normalized spacial score (nSPS) is 13.2. The first-order valence-electron chi connectivity index (χ1n) is 7.02. The second kappa shape index (κ2) is 6.23. The SMILES string of the molecule is Cc1ccc(C(=O)NCc2ccc3c(c2)NC(=O)CS3)cc1. The minimum absolute atomic E-state index is 0.0124. The van der Waals surface area contributed by atoms with Crippen LogP contribution in [-0.2, 0) is 11.3 Å². The van der Waals surface area contributed by atoms with Crippen LogP contribution >= 0.6 is 11.8 Å². The van der Waals surface area contributed by atoms with Gasteiger partial charge in [0.05, 0.1) is 11.4 Å². The van der Waals surface area contributed by atoms with Crippen LogP contribution in [-0.4, -0.2) is 17.6 Å². The van der Waals surface area contributed by atoms with Gasteiger partial charge in [-0.25, -0.2) is 0 Å². The Kier molecular flexibility index (Phi) is 4.15. The molecule has 112 valence electrons. The van der Waals surface area contributed by atoms with Gasteiger partial charge in [0, 0.05) is 17.0 Å². The number of nitrogens with one attached hydrogen (secondary N) is 2. The molecule has 1 aliphatic heterocycles. The highest BCUT2D eigenvalue weighted by atomic mass is 32.2. The van der Waals surface area contributed by atoms with E-state index < -0.39 is 0 Å². The van der Waals surface area contributed by atoms with Crippen LogP contribution in [0.15, 0.2) is 47.4 Å². The van der Waals surface area contributed by atoms with Crippen molar-refractivity contribution >= 4 is 29.3 Å². The highest BCUT2D eigenvalue weighted by Gasteiger charge is 2.15. The Hall–Kier alpha value is -2.27. The first-order valence-corrected chi connectivity index (χ1v) is 8.01. The standard InChI is InChI=1S/C17H16N2O2S/c1-11-2-5-13(6-3-11)17(21)18-9-12-4-7-15-14(8-12)19-16(20)10-22-15/h2-8H,9-10H2,1H3,(H,18,21)(H,19,20). The van der Waals surface area contributed by atoms with Crippen molar-refractivity contribution in [3.05, 3.63) is 59.2 Å². The number of amides is 2. The lowest BCUT2D eigenvalue weighted by molar-refractivity contribution is -0.113. The van der Waals surface area contributed by atoms with Gasteiger partial charge in [-0.05, 0) is 36.8 Å². The average molecular weight is 312 g/mol. The van der Waals surface area contributed by atoms with Gasteiger partial charge in [0.15, 0.2) is 0 Å². The number of fused-ring (bicyclic) bond motifs is 1. The Balaban J connectivity index is 1.66. The van der Waals surface area contributed by atoms with Crippen LogP contribution in [0.2, 0.25) is 0 Å². The van der Waals surface area contributed by atoms with Crippen molar-refractivity contribution in [2.45, 2.75) is 18.4 Å². The molecule has 22 heavy (non-hydrogen) atoms. The lowest BCUT2D eigenvalue weighted by Crippen LogP contribution is -2.23. The summed E-state index contributed by atoms with van der Waals surface area (Å²) in [7, 11) is 0. The fourth-order valence-corrected chi connectivity index (χ4v) is 3.02. The zero-order chi connectivity index (χ0) is 15.5. The topological polar surface area (TPSA) is 58.2 Å². The van der Waals surface area contributed by atoms with Gasteiger partial charge < -0.3 is 10.6 Å². The van der Waals surface area contributed by atoms with Gasteiger partial charge >= 0.3 is 0 Å². The Bertz CT molecular complexity index is 726. The number of benzene rings is 2. The number of carbonyl (C=O) groups is 2. The number of rotatable bonds is 3. The molecular formula is C17H16N2O2S. The van der Waals surface area contributed by atoms with Crippen molar-refractivity contribution in [1.29, 1.82) is 0 Å². The van der Waals surface area contributed by atoms with Gasteiger partial charge in [-0.15, -0.1) is 11.8 Å². The molecule has 2 aromatic carbocycles. The molecule has 0 aliphatic carbocycles. The smallest absolute Gasteiger partial charge is 0.251 e. The minimum Gasteiger partial charge on any atom is -0.348 e. The molecule has 0 saturated carbocycles. The number of thioether (sulfide) groups is 1. The largest absolute Gasteiger partial charge is 0.348 e. The van der Waals surface area contributed by atoms with Crippen LogP contribution in [0.5, 0.6) is 0 Å². The van der Waals surface area contributed by atoms with Crippen LogP contribution in [0.3, 0.4) is 0 Å². The summed E-state index contributed by atoms with van der Waals surface area (Å²) in [5, 5.41) is 5.75. The summed E-state index contributed by atoms with van der Waals surface area (Å²) in [6.07, 6.45) is 0. The molecule has 0 atom stereocenters. The summed E-state index contributed by atoms with van der Waals surface area (Å²) >= 11 is 1.53. The Labute approximate surface area is 133 Å². The zero-order valence-electron chi connectivity index (χ0n) is 12.2. The van der Waals surface area contributed by atoms with E-state index in [2.05, 4.69) is 10.6 Å². The van der Waals surface area contributed by atoms with Gasteiger partial charge in [0.25, 0.3) is 5.91 Å². The molecular weight excluding hydrogens is 296 g/mol. The molecule has 0 spiro atoms. The molecule has 5 heteroatoms.